The molecule has 0 fully saturated rings. The first-order valence-corrected chi connectivity index (χ1v) is 7.91. The fourth-order valence-electron chi connectivity index (χ4n) is 2.69. The number of thiophene rings is 1. The highest BCUT2D eigenvalue weighted by molar-refractivity contribution is 7.23. The van der Waals surface area contributed by atoms with Crippen LogP contribution in [0.25, 0.3) is 31.8 Å². The van der Waals surface area contributed by atoms with E-state index in [1.54, 1.807) is 23.6 Å². The molecule has 0 bridgehead atoms. The second-order valence-electron chi connectivity index (χ2n) is 5.08. The summed E-state index contributed by atoms with van der Waals surface area (Å²) in [6.07, 6.45) is 1.72. The lowest BCUT2D eigenvalue weighted by Crippen LogP contribution is -1.96. The number of hydrogen-bond acceptors (Lipinski definition) is 2. The SMILES string of the molecule is O=c1cc[nH]c2c(-c3ccccc3)c(-c3ccccc3)sc12. The van der Waals surface area contributed by atoms with Crippen molar-refractivity contribution in [2.24, 2.45) is 0 Å². The average Bonchev–Trinajstić information content (AvgIpc) is 2.97. The molecular weight excluding hydrogens is 290 g/mol. The number of fused-ring (bicyclic) bond motifs is 1. The Morgan fingerprint density at radius 1 is 0.773 bits per heavy atom. The van der Waals surface area contributed by atoms with Crippen molar-refractivity contribution in [2.45, 2.75) is 0 Å². The molecule has 4 rings (SSSR count). The Labute approximate surface area is 131 Å². The van der Waals surface area contributed by atoms with Crippen LogP contribution in [0.3, 0.4) is 0 Å². The molecule has 2 aromatic heterocycles. The lowest BCUT2D eigenvalue weighted by molar-refractivity contribution is 1.41. The van der Waals surface area contributed by atoms with E-state index in [-0.39, 0.29) is 5.43 Å². The third kappa shape index (κ3) is 2.07. The van der Waals surface area contributed by atoms with Gasteiger partial charge in [-0.1, -0.05) is 60.7 Å². The van der Waals surface area contributed by atoms with Crippen molar-refractivity contribution in [3.8, 4) is 21.6 Å². The average molecular weight is 303 g/mol. The highest BCUT2D eigenvalue weighted by Crippen LogP contribution is 2.42. The van der Waals surface area contributed by atoms with Gasteiger partial charge in [0, 0.05) is 22.7 Å². The van der Waals surface area contributed by atoms with Gasteiger partial charge in [-0.15, -0.1) is 11.3 Å². The summed E-state index contributed by atoms with van der Waals surface area (Å²) in [7, 11) is 0. The minimum absolute atomic E-state index is 0.0677. The quantitative estimate of drug-likeness (QED) is 0.560. The van der Waals surface area contributed by atoms with Gasteiger partial charge in [0.1, 0.15) is 0 Å². The van der Waals surface area contributed by atoms with Gasteiger partial charge in [-0.3, -0.25) is 4.79 Å². The Bertz CT molecular complexity index is 984. The Morgan fingerprint density at radius 2 is 1.41 bits per heavy atom. The van der Waals surface area contributed by atoms with Crippen LogP contribution in [0.1, 0.15) is 0 Å². The number of pyridine rings is 1. The Hall–Kier alpha value is -2.65. The summed E-state index contributed by atoms with van der Waals surface area (Å²) in [6.45, 7) is 0. The van der Waals surface area contributed by atoms with Gasteiger partial charge in [-0.2, -0.15) is 0 Å². The molecule has 22 heavy (non-hydrogen) atoms. The molecular formula is C19H13NOS. The van der Waals surface area contributed by atoms with E-state index in [1.807, 2.05) is 36.4 Å². The molecule has 0 aliphatic heterocycles. The normalized spacial score (nSPS) is 10.9. The highest BCUT2D eigenvalue weighted by atomic mass is 32.1. The van der Waals surface area contributed by atoms with Gasteiger partial charge in [0.2, 0.25) is 0 Å². The lowest BCUT2D eigenvalue weighted by atomic mass is 10.0. The molecule has 0 aliphatic carbocycles. The first-order valence-electron chi connectivity index (χ1n) is 7.09. The molecule has 4 aromatic rings. The van der Waals surface area contributed by atoms with Crippen molar-refractivity contribution in [3.05, 3.63) is 83.2 Å². The minimum atomic E-state index is 0.0677. The van der Waals surface area contributed by atoms with E-state index < -0.39 is 0 Å². The molecule has 0 saturated heterocycles. The largest absolute Gasteiger partial charge is 0.360 e. The van der Waals surface area contributed by atoms with E-state index in [0.717, 1.165) is 31.8 Å². The molecule has 0 saturated carbocycles. The smallest absolute Gasteiger partial charge is 0.199 e. The zero-order chi connectivity index (χ0) is 14.9. The summed E-state index contributed by atoms with van der Waals surface area (Å²) in [5, 5.41) is 0. The predicted molar refractivity (Wildman–Crippen MR) is 93.3 cm³/mol. The van der Waals surface area contributed by atoms with Crippen molar-refractivity contribution in [1.29, 1.82) is 0 Å². The summed E-state index contributed by atoms with van der Waals surface area (Å²) in [5.41, 5.74) is 4.34. The number of rotatable bonds is 2. The van der Waals surface area contributed by atoms with Gasteiger partial charge in [0.05, 0.1) is 10.2 Å². The molecule has 0 amide bonds. The summed E-state index contributed by atoms with van der Waals surface area (Å²) < 4.78 is 0.778. The number of benzene rings is 2. The molecule has 2 nitrogen and oxygen atoms in total. The van der Waals surface area contributed by atoms with Crippen molar-refractivity contribution in [3.63, 3.8) is 0 Å². The number of aromatic amines is 1. The van der Waals surface area contributed by atoms with Gasteiger partial charge in [0.25, 0.3) is 0 Å². The van der Waals surface area contributed by atoms with Gasteiger partial charge in [0.15, 0.2) is 5.43 Å². The first kappa shape index (κ1) is 13.0. The number of hydrogen-bond donors (Lipinski definition) is 1. The van der Waals surface area contributed by atoms with Crippen molar-refractivity contribution in [1.82, 2.24) is 4.98 Å². The minimum Gasteiger partial charge on any atom is -0.360 e. The van der Waals surface area contributed by atoms with Crippen LogP contribution in [-0.2, 0) is 0 Å². The van der Waals surface area contributed by atoms with Gasteiger partial charge >= 0.3 is 0 Å². The van der Waals surface area contributed by atoms with E-state index >= 15 is 0 Å². The van der Waals surface area contributed by atoms with Crippen molar-refractivity contribution in [2.75, 3.05) is 0 Å². The van der Waals surface area contributed by atoms with Crippen LogP contribution in [0.5, 0.6) is 0 Å². The first-order chi connectivity index (χ1) is 10.8. The maximum absolute atomic E-state index is 12.2. The molecule has 1 N–H and O–H groups in total. The lowest BCUT2D eigenvalue weighted by Gasteiger charge is -2.05. The van der Waals surface area contributed by atoms with E-state index in [1.165, 1.54) is 0 Å². The van der Waals surface area contributed by atoms with Crippen LogP contribution in [0.2, 0.25) is 0 Å². The Balaban J connectivity index is 2.12. The predicted octanol–water partition coefficient (Wildman–Crippen LogP) is 4.92. The molecule has 0 radical (unpaired) electrons. The van der Waals surface area contributed by atoms with Crippen LogP contribution >= 0.6 is 11.3 Å². The molecule has 106 valence electrons. The summed E-state index contributed by atoms with van der Waals surface area (Å²) in [5.74, 6) is 0. The maximum atomic E-state index is 12.2. The van der Waals surface area contributed by atoms with E-state index in [9.17, 15) is 4.79 Å². The number of nitrogens with one attached hydrogen (secondary N) is 1. The summed E-state index contributed by atoms with van der Waals surface area (Å²) in [6, 6.07) is 22.0. The molecule has 0 spiro atoms. The monoisotopic (exact) mass is 303 g/mol. The molecule has 2 heterocycles. The van der Waals surface area contributed by atoms with Gasteiger partial charge < -0.3 is 4.98 Å². The second kappa shape index (κ2) is 5.28. The Morgan fingerprint density at radius 3 is 2.09 bits per heavy atom. The third-order valence-electron chi connectivity index (χ3n) is 3.69. The standard InChI is InChI=1S/C19H13NOS/c21-15-11-12-20-17-16(13-7-3-1-4-8-13)18(22-19(15)17)14-9-5-2-6-10-14/h1-12H,(H,20,21). The van der Waals surface area contributed by atoms with Crippen LogP contribution < -0.4 is 5.43 Å². The fourth-order valence-corrected chi connectivity index (χ4v) is 3.90. The van der Waals surface area contributed by atoms with Crippen LogP contribution in [0, 0.1) is 0 Å². The van der Waals surface area contributed by atoms with Crippen LogP contribution in [-0.4, -0.2) is 4.98 Å². The van der Waals surface area contributed by atoms with Crippen LogP contribution in [0.4, 0.5) is 0 Å². The molecule has 0 atom stereocenters. The topological polar surface area (TPSA) is 32.9 Å². The van der Waals surface area contributed by atoms with Crippen LogP contribution in [0.15, 0.2) is 77.7 Å². The summed E-state index contributed by atoms with van der Waals surface area (Å²) in [4.78, 5) is 16.6. The zero-order valence-electron chi connectivity index (χ0n) is 11.7. The van der Waals surface area contributed by atoms with Crippen molar-refractivity contribution >= 4 is 21.6 Å². The zero-order valence-corrected chi connectivity index (χ0v) is 12.6. The molecule has 2 aromatic carbocycles. The second-order valence-corrected chi connectivity index (χ2v) is 6.10. The molecule has 3 heteroatoms. The molecule has 0 unspecified atom stereocenters. The van der Waals surface area contributed by atoms with E-state index in [4.69, 9.17) is 0 Å². The van der Waals surface area contributed by atoms with E-state index in [2.05, 4.69) is 29.2 Å². The Kier molecular flexibility index (Phi) is 3.13. The fraction of sp³-hybridized carbons (Fsp3) is 0. The number of H-pyrrole nitrogens is 1. The third-order valence-corrected chi connectivity index (χ3v) is 4.95. The number of aromatic nitrogens is 1. The highest BCUT2D eigenvalue weighted by Gasteiger charge is 2.17. The van der Waals surface area contributed by atoms with E-state index in [0.29, 0.717) is 0 Å². The van der Waals surface area contributed by atoms with Gasteiger partial charge in [-0.25, -0.2) is 0 Å². The maximum Gasteiger partial charge on any atom is 0.199 e. The van der Waals surface area contributed by atoms with Gasteiger partial charge in [-0.05, 0) is 11.1 Å². The summed E-state index contributed by atoms with van der Waals surface area (Å²) >= 11 is 1.55. The van der Waals surface area contributed by atoms with Crippen molar-refractivity contribution < 1.29 is 0 Å². The molecule has 0 aliphatic rings.